The molecule has 1 saturated carbocycles. The molecule has 1 aromatic rings. The third-order valence-corrected chi connectivity index (χ3v) is 4.40. The number of benzene rings is 1. The first-order chi connectivity index (χ1) is 7.70. The SMILES string of the molecule is COc1ccc(Cl)cc1C(Br)CC1CCC1. The zero-order valence-corrected chi connectivity index (χ0v) is 11.7. The first kappa shape index (κ1) is 12.3. The van der Waals surface area contributed by atoms with Crippen molar-refractivity contribution in [2.24, 2.45) is 5.92 Å². The van der Waals surface area contributed by atoms with E-state index in [2.05, 4.69) is 15.9 Å². The van der Waals surface area contributed by atoms with Gasteiger partial charge >= 0.3 is 0 Å². The molecule has 1 aliphatic carbocycles. The van der Waals surface area contributed by atoms with E-state index in [0.29, 0.717) is 4.83 Å². The summed E-state index contributed by atoms with van der Waals surface area (Å²) in [6.45, 7) is 0. The lowest BCUT2D eigenvalue weighted by Gasteiger charge is -2.28. The Morgan fingerprint density at radius 3 is 2.81 bits per heavy atom. The quantitative estimate of drug-likeness (QED) is 0.713. The van der Waals surface area contributed by atoms with Gasteiger partial charge in [-0.25, -0.2) is 0 Å². The highest BCUT2D eigenvalue weighted by molar-refractivity contribution is 9.09. The van der Waals surface area contributed by atoms with E-state index < -0.39 is 0 Å². The van der Waals surface area contributed by atoms with Crippen molar-refractivity contribution in [1.29, 1.82) is 0 Å². The maximum atomic E-state index is 6.03. The minimum Gasteiger partial charge on any atom is -0.496 e. The molecule has 1 aromatic carbocycles. The van der Waals surface area contributed by atoms with Crippen LogP contribution in [0.25, 0.3) is 0 Å². The Morgan fingerprint density at radius 1 is 1.50 bits per heavy atom. The van der Waals surface area contributed by atoms with Crippen LogP contribution < -0.4 is 4.74 Å². The summed E-state index contributed by atoms with van der Waals surface area (Å²) in [6, 6.07) is 5.80. The zero-order chi connectivity index (χ0) is 11.5. The summed E-state index contributed by atoms with van der Waals surface area (Å²) in [5, 5.41) is 0.772. The lowest BCUT2D eigenvalue weighted by atomic mass is 9.81. The molecule has 0 N–H and O–H groups in total. The van der Waals surface area contributed by atoms with Crippen molar-refractivity contribution in [3.8, 4) is 5.75 Å². The summed E-state index contributed by atoms with van der Waals surface area (Å²) in [6.07, 6.45) is 5.30. The van der Waals surface area contributed by atoms with Crippen molar-refractivity contribution in [2.45, 2.75) is 30.5 Å². The smallest absolute Gasteiger partial charge is 0.123 e. The number of halogens is 2. The summed E-state index contributed by atoms with van der Waals surface area (Å²) in [7, 11) is 1.70. The topological polar surface area (TPSA) is 9.23 Å². The van der Waals surface area contributed by atoms with E-state index in [9.17, 15) is 0 Å². The Kier molecular flexibility index (Phi) is 4.15. The predicted octanol–water partition coefficient (Wildman–Crippen LogP) is 4.97. The van der Waals surface area contributed by atoms with Crippen LogP contribution in [-0.2, 0) is 0 Å². The summed E-state index contributed by atoms with van der Waals surface area (Å²) < 4.78 is 5.37. The van der Waals surface area contributed by atoms with Crippen molar-refractivity contribution in [3.63, 3.8) is 0 Å². The fourth-order valence-corrected chi connectivity index (χ4v) is 3.17. The van der Waals surface area contributed by atoms with Crippen LogP contribution in [0.1, 0.15) is 36.1 Å². The average molecular weight is 304 g/mol. The van der Waals surface area contributed by atoms with E-state index in [1.807, 2.05) is 18.2 Å². The van der Waals surface area contributed by atoms with Crippen molar-refractivity contribution in [2.75, 3.05) is 7.11 Å². The van der Waals surface area contributed by atoms with Crippen molar-refractivity contribution < 1.29 is 4.74 Å². The van der Waals surface area contributed by atoms with Gasteiger partial charge in [0.1, 0.15) is 5.75 Å². The standard InChI is InChI=1S/C13H16BrClO/c1-16-13-6-5-10(15)8-11(13)12(14)7-9-3-2-4-9/h5-6,8-9,12H,2-4,7H2,1H3. The zero-order valence-electron chi connectivity index (χ0n) is 9.38. The second-order valence-electron chi connectivity index (χ2n) is 4.39. The van der Waals surface area contributed by atoms with Crippen LogP contribution in [0, 0.1) is 5.92 Å². The van der Waals surface area contributed by atoms with E-state index >= 15 is 0 Å². The highest BCUT2D eigenvalue weighted by Crippen LogP contribution is 2.42. The van der Waals surface area contributed by atoms with Gasteiger partial charge in [0.05, 0.1) is 7.11 Å². The molecule has 0 aromatic heterocycles. The number of alkyl halides is 1. The van der Waals surface area contributed by atoms with Gasteiger partial charge in [0.25, 0.3) is 0 Å². The molecule has 88 valence electrons. The van der Waals surface area contributed by atoms with Gasteiger partial charge in [-0.05, 0) is 30.5 Å². The molecule has 1 nitrogen and oxygen atoms in total. The van der Waals surface area contributed by atoms with Crippen LogP contribution in [0.15, 0.2) is 18.2 Å². The number of rotatable bonds is 4. The van der Waals surface area contributed by atoms with Crippen LogP contribution in [0.3, 0.4) is 0 Å². The number of hydrogen-bond acceptors (Lipinski definition) is 1. The molecule has 1 fully saturated rings. The van der Waals surface area contributed by atoms with Crippen LogP contribution >= 0.6 is 27.5 Å². The van der Waals surface area contributed by atoms with E-state index in [4.69, 9.17) is 16.3 Å². The molecule has 0 spiro atoms. The molecule has 2 rings (SSSR count). The monoisotopic (exact) mass is 302 g/mol. The van der Waals surface area contributed by atoms with Crippen molar-refractivity contribution >= 4 is 27.5 Å². The van der Waals surface area contributed by atoms with E-state index in [1.54, 1.807) is 7.11 Å². The van der Waals surface area contributed by atoms with Crippen LogP contribution in [0.4, 0.5) is 0 Å². The third-order valence-electron chi connectivity index (χ3n) is 3.29. The highest BCUT2D eigenvalue weighted by Gasteiger charge is 2.23. The number of hydrogen-bond donors (Lipinski definition) is 0. The molecule has 16 heavy (non-hydrogen) atoms. The molecule has 0 bridgehead atoms. The van der Waals surface area contributed by atoms with Crippen LogP contribution in [0.5, 0.6) is 5.75 Å². The second kappa shape index (κ2) is 5.42. The molecule has 1 unspecified atom stereocenters. The molecule has 0 saturated heterocycles. The van der Waals surface area contributed by atoms with Gasteiger partial charge in [-0.1, -0.05) is 46.8 Å². The molecule has 0 heterocycles. The third kappa shape index (κ3) is 2.72. The van der Waals surface area contributed by atoms with E-state index in [-0.39, 0.29) is 0 Å². The van der Waals surface area contributed by atoms with Crippen molar-refractivity contribution in [3.05, 3.63) is 28.8 Å². The number of methoxy groups -OCH3 is 1. The minimum atomic E-state index is 0.353. The second-order valence-corrected chi connectivity index (χ2v) is 5.93. The number of ether oxygens (including phenoxy) is 1. The molecule has 3 heteroatoms. The molecule has 0 amide bonds. The first-order valence-electron chi connectivity index (χ1n) is 5.68. The Morgan fingerprint density at radius 2 is 2.25 bits per heavy atom. The van der Waals surface area contributed by atoms with Gasteiger partial charge < -0.3 is 4.74 Å². The molecular formula is C13H16BrClO. The Labute approximate surface area is 110 Å². The summed E-state index contributed by atoms with van der Waals surface area (Å²) in [5.74, 6) is 1.79. The highest BCUT2D eigenvalue weighted by atomic mass is 79.9. The van der Waals surface area contributed by atoms with Crippen LogP contribution in [0.2, 0.25) is 5.02 Å². The average Bonchev–Trinajstić information content (AvgIpc) is 2.23. The maximum Gasteiger partial charge on any atom is 0.123 e. The molecule has 1 aliphatic rings. The molecule has 1 atom stereocenters. The normalized spacial score (nSPS) is 17.9. The lowest BCUT2D eigenvalue weighted by Crippen LogP contribution is -2.13. The fraction of sp³-hybridized carbons (Fsp3) is 0.538. The van der Waals surface area contributed by atoms with Crippen molar-refractivity contribution in [1.82, 2.24) is 0 Å². The Hall–Kier alpha value is -0.210. The fourth-order valence-electron chi connectivity index (χ4n) is 2.10. The van der Waals surface area contributed by atoms with Crippen LogP contribution in [-0.4, -0.2) is 7.11 Å². The Bertz CT molecular complexity index is 363. The summed E-state index contributed by atoms with van der Waals surface area (Å²) >= 11 is 9.77. The van der Waals surface area contributed by atoms with Gasteiger partial charge in [0, 0.05) is 15.4 Å². The Balaban J connectivity index is 2.13. The summed E-state index contributed by atoms with van der Waals surface area (Å²) in [4.78, 5) is 0.353. The minimum absolute atomic E-state index is 0.353. The molecule has 0 radical (unpaired) electrons. The maximum absolute atomic E-state index is 6.03. The van der Waals surface area contributed by atoms with E-state index in [0.717, 1.165) is 16.7 Å². The van der Waals surface area contributed by atoms with Gasteiger partial charge in [-0.15, -0.1) is 0 Å². The van der Waals surface area contributed by atoms with Gasteiger partial charge in [-0.2, -0.15) is 0 Å². The van der Waals surface area contributed by atoms with E-state index in [1.165, 1.54) is 31.2 Å². The van der Waals surface area contributed by atoms with Gasteiger partial charge in [-0.3, -0.25) is 0 Å². The largest absolute Gasteiger partial charge is 0.496 e. The van der Waals surface area contributed by atoms with Gasteiger partial charge in [0.2, 0.25) is 0 Å². The molecular weight excluding hydrogens is 287 g/mol. The van der Waals surface area contributed by atoms with Gasteiger partial charge in [0.15, 0.2) is 0 Å². The predicted molar refractivity (Wildman–Crippen MR) is 71.6 cm³/mol. The lowest BCUT2D eigenvalue weighted by molar-refractivity contribution is 0.294. The molecule has 0 aliphatic heterocycles. The first-order valence-corrected chi connectivity index (χ1v) is 6.97. The summed E-state index contributed by atoms with van der Waals surface area (Å²) in [5.41, 5.74) is 1.17.